The maximum Gasteiger partial charge on any atom is 0.164 e. The van der Waals surface area contributed by atoms with Gasteiger partial charge in [0.25, 0.3) is 0 Å². The first-order valence-corrected chi connectivity index (χ1v) is 21.0. The van der Waals surface area contributed by atoms with Gasteiger partial charge in [-0.2, -0.15) is 0 Å². The second-order valence-corrected chi connectivity index (χ2v) is 19.2. The third-order valence-corrected chi connectivity index (χ3v) is 14.3. The number of thiophene rings is 1. The number of allylic oxidation sites excluding steroid dienone is 2. The predicted molar refractivity (Wildman–Crippen MR) is 226 cm³/mol. The number of carbonyl (C=O) groups is 1. The van der Waals surface area contributed by atoms with Gasteiger partial charge in [-0.05, 0) is 61.0 Å². The van der Waals surface area contributed by atoms with Crippen LogP contribution in [-0.4, -0.2) is 26.1 Å². The van der Waals surface area contributed by atoms with Crippen LogP contribution >= 0.6 is 23.1 Å². The van der Waals surface area contributed by atoms with Gasteiger partial charge in [0.05, 0.1) is 0 Å². The zero-order chi connectivity index (χ0) is 38.2. The number of fused-ring (bicyclic) bond motifs is 6. The van der Waals surface area contributed by atoms with Gasteiger partial charge >= 0.3 is 0 Å². The Morgan fingerprint density at radius 3 is 2.17 bits per heavy atom. The summed E-state index contributed by atoms with van der Waals surface area (Å²) < 4.78 is 1.31. The van der Waals surface area contributed by atoms with Gasteiger partial charge in [-0.25, -0.2) is 4.98 Å². The molecule has 1 radical (unpaired) electrons. The Bertz CT molecular complexity index is 2100. The van der Waals surface area contributed by atoms with Crippen LogP contribution in [0.4, 0.5) is 0 Å². The van der Waals surface area contributed by atoms with Crippen molar-refractivity contribution >= 4 is 60.0 Å². The Morgan fingerprint density at radius 2 is 1.57 bits per heavy atom. The summed E-state index contributed by atoms with van der Waals surface area (Å²) in [5.41, 5.74) is 4.33. The maximum atomic E-state index is 12.2. The molecular weight excluding hydrogens is 869 g/mol. The van der Waals surface area contributed by atoms with Gasteiger partial charge in [-0.3, -0.25) is 9.78 Å². The topological polar surface area (TPSA) is 63.1 Å². The van der Waals surface area contributed by atoms with Crippen molar-refractivity contribution in [3.05, 3.63) is 77.8 Å². The van der Waals surface area contributed by atoms with Crippen molar-refractivity contribution in [2.45, 2.75) is 137 Å². The van der Waals surface area contributed by atoms with Crippen molar-refractivity contribution < 1.29 is 30.0 Å². The predicted octanol–water partition coefficient (Wildman–Crippen LogP) is 14.0. The molecule has 3 heterocycles. The first kappa shape index (κ1) is 43.2. The van der Waals surface area contributed by atoms with Crippen molar-refractivity contribution in [1.29, 1.82) is 0 Å². The van der Waals surface area contributed by atoms with Gasteiger partial charge < -0.3 is 5.11 Å². The molecule has 4 nitrogen and oxygen atoms in total. The molecule has 1 aliphatic rings. The Labute approximate surface area is 340 Å². The number of hydrogen-bond donors (Lipinski definition) is 1. The van der Waals surface area contributed by atoms with E-state index in [0.717, 1.165) is 47.2 Å². The number of nitrogens with zero attached hydrogens (tertiary/aromatic N) is 2. The van der Waals surface area contributed by atoms with Crippen LogP contribution < -0.4 is 0 Å². The molecule has 2 atom stereocenters. The van der Waals surface area contributed by atoms with E-state index in [1.54, 1.807) is 17.7 Å². The van der Waals surface area contributed by atoms with Gasteiger partial charge in [0, 0.05) is 68.3 Å². The standard InChI is InChI=1S/C31H31N2S2.C15H28O2.Ir/c1-17(2)13-23-18(3)34-29-22(23)11-12-25-26(29)27-28(32-16-33-30(27)35-25)20-14-19-9-7-8-10-21(19)24(15-20)31(4,5)6;1-7-14(5,8-2)12(16)11-13(17)15(6,9-3)10-4;/h7-12,15-18,23H,13H2,1-6H3;11,16H,7-10H2,1-6H3;/q-1;;/b;12-11-;. The molecule has 3 aromatic carbocycles. The van der Waals surface area contributed by atoms with E-state index in [1.807, 2.05) is 53.3 Å². The molecule has 287 valence electrons. The maximum absolute atomic E-state index is 12.2. The molecule has 53 heavy (non-hydrogen) atoms. The Balaban J connectivity index is 0.000000299. The Kier molecular flexibility index (Phi) is 13.9. The first-order chi connectivity index (χ1) is 24.5. The Hall–Kier alpha value is -2.57. The Morgan fingerprint density at radius 1 is 0.925 bits per heavy atom. The minimum absolute atomic E-state index is 0. The van der Waals surface area contributed by atoms with E-state index in [-0.39, 0.29) is 47.9 Å². The molecule has 0 saturated heterocycles. The molecule has 1 aliphatic heterocycles. The molecule has 0 aliphatic carbocycles. The summed E-state index contributed by atoms with van der Waals surface area (Å²) in [5, 5.41) is 15.7. The zero-order valence-corrected chi connectivity index (χ0v) is 37.9. The van der Waals surface area contributed by atoms with Crippen LogP contribution in [0, 0.1) is 22.8 Å². The second kappa shape index (κ2) is 17.1. The fourth-order valence-electron chi connectivity index (χ4n) is 7.31. The van der Waals surface area contributed by atoms with Crippen molar-refractivity contribution in [3.63, 3.8) is 0 Å². The number of rotatable bonds is 10. The minimum atomic E-state index is -0.337. The van der Waals surface area contributed by atoms with Crippen molar-refractivity contribution in [3.8, 4) is 11.3 Å². The van der Waals surface area contributed by atoms with Crippen molar-refractivity contribution in [2.75, 3.05) is 0 Å². The van der Waals surface area contributed by atoms with E-state index in [9.17, 15) is 9.90 Å². The summed E-state index contributed by atoms with van der Waals surface area (Å²) >= 11 is 3.83. The molecule has 2 unspecified atom stereocenters. The normalized spacial score (nSPS) is 16.5. The van der Waals surface area contributed by atoms with E-state index in [0.29, 0.717) is 17.1 Å². The summed E-state index contributed by atoms with van der Waals surface area (Å²) in [4.78, 5) is 24.3. The average molecular weight is 928 g/mol. The molecule has 1 N–H and O–H groups in total. The molecule has 0 spiro atoms. The fourth-order valence-corrected chi connectivity index (χ4v) is 9.91. The molecule has 7 heteroatoms. The molecule has 6 rings (SSSR count). The first-order valence-electron chi connectivity index (χ1n) is 19.3. The van der Waals surface area contributed by atoms with Gasteiger partial charge in [0.15, 0.2) is 5.78 Å². The average Bonchev–Trinajstić information content (AvgIpc) is 3.66. The van der Waals surface area contributed by atoms with Crippen LogP contribution in [0.1, 0.15) is 132 Å². The van der Waals surface area contributed by atoms with Crippen LogP contribution in [0.2, 0.25) is 0 Å². The number of aromatic nitrogens is 2. The largest absolute Gasteiger partial charge is 0.512 e. The van der Waals surface area contributed by atoms with Crippen LogP contribution in [0.15, 0.2) is 65.5 Å². The van der Waals surface area contributed by atoms with E-state index in [4.69, 9.17) is 9.97 Å². The van der Waals surface area contributed by atoms with Crippen LogP contribution in [0.5, 0.6) is 0 Å². The number of benzene rings is 3. The smallest absolute Gasteiger partial charge is 0.164 e. The van der Waals surface area contributed by atoms with E-state index < -0.39 is 0 Å². The number of ketones is 1. The van der Waals surface area contributed by atoms with Gasteiger partial charge in [-0.1, -0.05) is 118 Å². The van der Waals surface area contributed by atoms with Crippen molar-refractivity contribution in [1.82, 2.24) is 9.97 Å². The van der Waals surface area contributed by atoms with E-state index in [2.05, 4.69) is 90.1 Å². The zero-order valence-electron chi connectivity index (χ0n) is 33.9. The summed E-state index contributed by atoms with van der Waals surface area (Å²) in [6.07, 6.45) is 7.71. The molecule has 0 amide bonds. The van der Waals surface area contributed by atoms with Crippen LogP contribution in [0.3, 0.4) is 0 Å². The third-order valence-electron chi connectivity index (χ3n) is 11.9. The van der Waals surface area contributed by atoms with Crippen LogP contribution in [0.25, 0.3) is 42.3 Å². The summed E-state index contributed by atoms with van der Waals surface area (Å²) in [7, 11) is 0. The number of carbonyl (C=O) groups excluding carboxylic acids is 1. The molecule has 0 saturated carbocycles. The number of aliphatic hydroxyl groups is 1. The summed E-state index contributed by atoms with van der Waals surface area (Å²) in [6.45, 7) is 26.0. The SMILES string of the molecule is CC(C)CC1c2ccc3sc4ncnc(-c5[c-]c6ccccc6c(C(C)(C)C)c5)c4c3c2SC1C.CCC(C)(CC)C(=O)/C=C(\O)C(C)(CC)CC.[Ir]. The second-order valence-electron chi connectivity index (χ2n) is 16.7. The molecule has 0 bridgehead atoms. The van der Waals surface area contributed by atoms with Gasteiger partial charge in [0.2, 0.25) is 0 Å². The molecule has 0 fully saturated rings. The minimum Gasteiger partial charge on any atom is -0.512 e. The number of thioether (sulfide) groups is 1. The summed E-state index contributed by atoms with van der Waals surface area (Å²) in [5.74, 6) is 1.57. The fraction of sp³-hybridized carbons (Fsp3) is 0.500. The van der Waals surface area contributed by atoms with E-state index >= 15 is 0 Å². The van der Waals surface area contributed by atoms with E-state index in [1.165, 1.54) is 49.4 Å². The third kappa shape index (κ3) is 8.64. The van der Waals surface area contributed by atoms with Gasteiger partial charge in [0.1, 0.15) is 16.9 Å². The van der Waals surface area contributed by atoms with Crippen LogP contribution in [-0.2, 0) is 30.3 Å². The molecule has 2 aromatic heterocycles. The molecule has 5 aromatic rings. The number of hydrogen-bond acceptors (Lipinski definition) is 6. The van der Waals surface area contributed by atoms with Gasteiger partial charge in [-0.15, -0.1) is 52.2 Å². The summed E-state index contributed by atoms with van der Waals surface area (Å²) in [6, 6.07) is 19.3. The van der Waals surface area contributed by atoms with Crippen molar-refractivity contribution in [2.24, 2.45) is 16.7 Å². The number of aliphatic hydroxyl groups excluding tert-OH is 1. The quantitative estimate of drug-likeness (QED) is 0.0859. The monoisotopic (exact) mass is 928 g/mol. The molecular formula is C46H59IrN2O2S2-.